The van der Waals surface area contributed by atoms with Gasteiger partial charge in [-0.15, -0.1) is 0 Å². The molecule has 26 heavy (non-hydrogen) atoms. The van der Waals surface area contributed by atoms with Crippen molar-refractivity contribution in [3.05, 3.63) is 29.8 Å². The zero-order valence-corrected chi connectivity index (χ0v) is 16.5. The molecule has 0 aliphatic carbocycles. The average molecular weight is 378 g/mol. The number of likely N-dealkylation sites (N-methyl/N-ethyl adjacent to an activating group) is 1. The molecule has 2 rings (SSSR count). The largest absolute Gasteiger partial charge is 0.346 e. The molecule has 0 N–H and O–H groups in total. The molecule has 0 bridgehead atoms. The normalized spacial score (nSPS) is 21.4. The van der Waals surface area contributed by atoms with Gasteiger partial charge < -0.3 is 9.80 Å². The molecular formula is C18H26N4O3S. The highest BCUT2D eigenvalue weighted by molar-refractivity contribution is 7.89. The van der Waals surface area contributed by atoms with Crippen molar-refractivity contribution in [3.63, 3.8) is 0 Å². The lowest BCUT2D eigenvalue weighted by Gasteiger charge is -2.42. The molecule has 0 radical (unpaired) electrons. The zero-order valence-electron chi connectivity index (χ0n) is 15.7. The third kappa shape index (κ3) is 4.41. The molecule has 142 valence electrons. The van der Waals surface area contributed by atoms with Crippen molar-refractivity contribution < 1.29 is 13.2 Å². The Morgan fingerprint density at radius 1 is 1.35 bits per heavy atom. The second-order valence-corrected chi connectivity index (χ2v) is 8.92. The smallest absolute Gasteiger partial charge is 0.243 e. The van der Waals surface area contributed by atoms with Crippen molar-refractivity contribution in [2.75, 3.05) is 40.8 Å². The van der Waals surface area contributed by atoms with E-state index in [9.17, 15) is 13.2 Å². The lowest BCUT2D eigenvalue weighted by Crippen LogP contribution is -2.54. The Morgan fingerprint density at radius 2 is 2.04 bits per heavy atom. The minimum atomic E-state index is -3.65. The van der Waals surface area contributed by atoms with Crippen LogP contribution in [-0.2, 0) is 14.8 Å². The Balaban J connectivity index is 2.22. The highest BCUT2D eigenvalue weighted by Crippen LogP contribution is 2.27. The molecule has 0 saturated carbocycles. The minimum absolute atomic E-state index is 0.00544. The lowest BCUT2D eigenvalue weighted by atomic mass is 9.91. The quantitative estimate of drug-likeness (QED) is 0.762. The van der Waals surface area contributed by atoms with Gasteiger partial charge in [0.1, 0.15) is 0 Å². The van der Waals surface area contributed by atoms with Crippen LogP contribution < -0.4 is 0 Å². The first kappa shape index (κ1) is 20.4. The number of rotatable bonds is 5. The fourth-order valence-electron chi connectivity index (χ4n) is 3.32. The second kappa shape index (κ2) is 8.16. The molecule has 0 aromatic heterocycles. The number of carbonyl (C=O) groups is 1. The molecule has 2 atom stereocenters. The van der Waals surface area contributed by atoms with E-state index in [2.05, 4.69) is 0 Å². The van der Waals surface area contributed by atoms with Crippen LogP contribution in [0.3, 0.4) is 0 Å². The van der Waals surface area contributed by atoms with Gasteiger partial charge in [0.25, 0.3) is 0 Å². The topological polar surface area (TPSA) is 84.7 Å². The lowest BCUT2D eigenvalue weighted by molar-refractivity contribution is -0.128. The van der Waals surface area contributed by atoms with E-state index in [4.69, 9.17) is 5.26 Å². The first-order chi connectivity index (χ1) is 12.2. The molecule has 1 aromatic rings. The Kier molecular flexibility index (Phi) is 6.39. The predicted octanol–water partition coefficient (Wildman–Crippen LogP) is 0.977. The van der Waals surface area contributed by atoms with Gasteiger partial charge in [-0.05, 0) is 44.6 Å². The third-order valence-electron chi connectivity index (χ3n) is 4.99. The van der Waals surface area contributed by atoms with Crippen LogP contribution in [0.25, 0.3) is 0 Å². The van der Waals surface area contributed by atoms with Gasteiger partial charge in [-0.1, -0.05) is 6.07 Å². The SMILES string of the molecule is CC(=O)N(C)C[C@H]1CCN(S(=O)(=O)c2cccc(C#N)c2)C[C@H]1N(C)C. The summed E-state index contributed by atoms with van der Waals surface area (Å²) in [6.45, 7) is 2.91. The monoisotopic (exact) mass is 378 g/mol. The first-order valence-electron chi connectivity index (χ1n) is 8.55. The summed E-state index contributed by atoms with van der Waals surface area (Å²) in [4.78, 5) is 15.4. The number of nitriles is 1. The van der Waals surface area contributed by atoms with E-state index in [1.54, 1.807) is 24.1 Å². The van der Waals surface area contributed by atoms with E-state index in [0.717, 1.165) is 0 Å². The highest BCUT2D eigenvalue weighted by atomic mass is 32.2. The number of amides is 1. The summed E-state index contributed by atoms with van der Waals surface area (Å²) in [5.74, 6) is 0.210. The van der Waals surface area contributed by atoms with E-state index >= 15 is 0 Å². The predicted molar refractivity (Wildman–Crippen MR) is 98.8 cm³/mol. The van der Waals surface area contributed by atoms with Crippen molar-refractivity contribution in [1.29, 1.82) is 5.26 Å². The number of piperidine rings is 1. The van der Waals surface area contributed by atoms with Crippen LogP contribution in [0.2, 0.25) is 0 Å². The van der Waals surface area contributed by atoms with Crippen LogP contribution in [0.1, 0.15) is 18.9 Å². The molecule has 7 nitrogen and oxygen atoms in total. The number of hydrogen-bond acceptors (Lipinski definition) is 5. The van der Waals surface area contributed by atoms with Gasteiger partial charge in [0.2, 0.25) is 15.9 Å². The third-order valence-corrected chi connectivity index (χ3v) is 6.86. The number of hydrogen-bond donors (Lipinski definition) is 0. The number of sulfonamides is 1. The van der Waals surface area contributed by atoms with Crippen LogP contribution in [0, 0.1) is 17.2 Å². The molecule has 1 saturated heterocycles. The van der Waals surface area contributed by atoms with Crippen LogP contribution >= 0.6 is 0 Å². The minimum Gasteiger partial charge on any atom is -0.346 e. The summed E-state index contributed by atoms with van der Waals surface area (Å²) >= 11 is 0. The van der Waals surface area contributed by atoms with Crippen LogP contribution in [-0.4, -0.2) is 75.2 Å². The molecule has 1 fully saturated rings. The van der Waals surface area contributed by atoms with Crippen molar-refractivity contribution in [2.24, 2.45) is 5.92 Å². The van der Waals surface area contributed by atoms with Crippen molar-refractivity contribution >= 4 is 15.9 Å². The van der Waals surface area contributed by atoms with Gasteiger partial charge in [0.05, 0.1) is 16.5 Å². The molecule has 1 heterocycles. The molecule has 0 unspecified atom stereocenters. The maximum atomic E-state index is 13.0. The second-order valence-electron chi connectivity index (χ2n) is 6.98. The van der Waals surface area contributed by atoms with E-state index in [-0.39, 0.29) is 22.8 Å². The summed E-state index contributed by atoms with van der Waals surface area (Å²) in [6.07, 6.45) is 0.678. The van der Waals surface area contributed by atoms with Crippen molar-refractivity contribution in [2.45, 2.75) is 24.3 Å². The van der Waals surface area contributed by atoms with E-state index < -0.39 is 10.0 Å². The van der Waals surface area contributed by atoms with Gasteiger partial charge in [-0.25, -0.2) is 8.42 Å². The van der Waals surface area contributed by atoms with Crippen LogP contribution in [0.15, 0.2) is 29.2 Å². The standard InChI is InChI=1S/C18H26N4O3S/c1-14(23)21(4)12-16-8-9-22(13-18(16)20(2)3)26(24,25)17-7-5-6-15(10-17)11-19/h5-7,10,16,18H,8-9,12-13H2,1-4H3/t16-,18-/m1/s1. The molecule has 8 heteroatoms. The summed E-state index contributed by atoms with van der Waals surface area (Å²) < 4.78 is 27.5. The van der Waals surface area contributed by atoms with E-state index in [1.165, 1.54) is 23.4 Å². The summed E-state index contributed by atoms with van der Waals surface area (Å²) in [7, 11) is 1.97. The molecular weight excluding hydrogens is 352 g/mol. The van der Waals surface area contributed by atoms with Crippen LogP contribution in [0.4, 0.5) is 0 Å². The Hall–Kier alpha value is -1.95. The molecule has 1 aliphatic heterocycles. The average Bonchev–Trinajstić information content (AvgIpc) is 2.61. The van der Waals surface area contributed by atoms with Crippen LogP contribution in [0.5, 0.6) is 0 Å². The summed E-state index contributed by atoms with van der Waals surface area (Å²) in [5, 5.41) is 9.02. The van der Waals surface area contributed by atoms with Crippen molar-refractivity contribution in [3.8, 4) is 6.07 Å². The fraction of sp³-hybridized carbons (Fsp3) is 0.556. The highest BCUT2D eigenvalue weighted by Gasteiger charge is 2.37. The van der Waals surface area contributed by atoms with Crippen molar-refractivity contribution in [1.82, 2.24) is 14.1 Å². The zero-order chi connectivity index (χ0) is 19.5. The maximum Gasteiger partial charge on any atom is 0.243 e. The van der Waals surface area contributed by atoms with E-state index in [0.29, 0.717) is 31.6 Å². The van der Waals surface area contributed by atoms with E-state index in [1.807, 2.05) is 25.1 Å². The number of benzene rings is 1. The van der Waals surface area contributed by atoms with Gasteiger partial charge in [0, 0.05) is 39.6 Å². The maximum absolute atomic E-state index is 13.0. The fourth-order valence-corrected chi connectivity index (χ4v) is 4.84. The Labute approximate surface area is 155 Å². The Bertz CT molecular complexity index is 801. The summed E-state index contributed by atoms with van der Waals surface area (Å²) in [6, 6.07) is 8.11. The van der Waals surface area contributed by atoms with Gasteiger partial charge in [-0.2, -0.15) is 9.57 Å². The molecule has 1 aliphatic rings. The molecule has 1 aromatic carbocycles. The number of nitrogens with zero attached hydrogens (tertiary/aromatic N) is 4. The van der Waals surface area contributed by atoms with Gasteiger partial charge >= 0.3 is 0 Å². The van der Waals surface area contributed by atoms with Gasteiger partial charge in [-0.3, -0.25) is 4.79 Å². The van der Waals surface area contributed by atoms with Gasteiger partial charge in [0.15, 0.2) is 0 Å². The number of carbonyl (C=O) groups excluding carboxylic acids is 1. The first-order valence-corrected chi connectivity index (χ1v) is 9.99. The summed E-state index contributed by atoms with van der Waals surface area (Å²) in [5.41, 5.74) is 0.327. The molecule has 0 spiro atoms. The molecule has 1 amide bonds. The Morgan fingerprint density at radius 3 is 2.62 bits per heavy atom.